The van der Waals surface area contributed by atoms with E-state index in [0.29, 0.717) is 19.5 Å². The summed E-state index contributed by atoms with van der Waals surface area (Å²) < 4.78 is 0. The van der Waals surface area contributed by atoms with Crippen LogP contribution in [0.4, 0.5) is 0 Å². The van der Waals surface area contributed by atoms with Gasteiger partial charge in [0.15, 0.2) is 5.92 Å². The Morgan fingerprint density at radius 2 is 1.70 bits per heavy atom. The van der Waals surface area contributed by atoms with E-state index in [9.17, 15) is 14.4 Å². The number of hydrogen-bond donors (Lipinski definition) is 2. The van der Waals surface area contributed by atoms with Crippen molar-refractivity contribution in [1.82, 2.24) is 4.90 Å². The van der Waals surface area contributed by atoms with Crippen molar-refractivity contribution >= 4 is 17.8 Å². The van der Waals surface area contributed by atoms with E-state index in [1.807, 2.05) is 24.3 Å². The van der Waals surface area contributed by atoms with E-state index in [-0.39, 0.29) is 0 Å². The smallest absolute Gasteiger partial charge is 0.318 e. The third-order valence-corrected chi connectivity index (χ3v) is 3.46. The highest BCUT2D eigenvalue weighted by molar-refractivity contribution is 5.97. The van der Waals surface area contributed by atoms with Crippen molar-refractivity contribution in [3.05, 3.63) is 35.4 Å². The van der Waals surface area contributed by atoms with Gasteiger partial charge in [-0.2, -0.15) is 0 Å². The van der Waals surface area contributed by atoms with Gasteiger partial charge in [-0.05, 0) is 17.5 Å². The molecule has 1 heterocycles. The van der Waals surface area contributed by atoms with E-state index in [2.05, 4.69) is 0 Å². The Morgan fingerprint density at radius 1 is 1.10 bits per heavy atom. The predicted octanol–water partition coefficient (Wildman–Crippen LogP) is 0.747. The van der Waals surface area contributed by atoms with Gasteiger partial charge in [-0.25, -0.2) is 0 Å². The summed E-state index contributed by atoms with van der Waals surface area (Å²) in [7, 11) is 0. The van der Waals surface area contributed by atoms with E-state index in [0.717, 1.165) is 5.56 Å². The minimum atomic E-state index is -1.68. The Morgan fingerprint density at radius 3 is 2.30 bits per heavy atom. The largest absolute Gasteiger partial charge is 0.481 e. The van der Waals surface area contributed by atoms with Crippen molar-refractivity contribution in [1.29, 1.82) is 0 Å². The lowest BCUT2D eigenvalue weighted by molar-refractivity contribution is -0.157. The summed E-state index contributed by atoms with van der Waals surface area (Å²) in [6, 6.07) is 7.72. The highest BCUT2D eigenvalue weighted by atomic mass is 16.4. The number of fused-ring (bicyclic) bond motifs is 1. The number of hydrogen-bond acceptors (Lipinski definition) is 3. The molecule has 0 aliphatic carbocycles. The first-order valence-corrected chi connectivity index (χ1v) is 6.29. The molecule has 106 valence electrons. The van der Waals surface area contributed by atoms with Crippen LogP contribution in [0.3, 0.4) is 0 Å². The van der Waals surface area contributed by atoms with E-state index in [4.69, 9.17) is 10.2 Å². The first kappa shape index (κ1) is 14.0. The Bertz CT molecular complexity index is 540. The summed E-state index contributed by atoms with van der Waals surface area (Å²) >= 11 is 0. The van der Waals surface area contributed by atoms with Crippen LogP contribution in [-0.4, -0.2) is 39.5 Å². The number of carbonyl (C=O) groups excluding carboxylic acids is 1. The second kappa shape index (κ2) is 5.73. The fraction of sp³-hybridized carbons (Fsp3) is 0.357. The molecule has 0 atom stereocenters. The maximum absolute atomic E-state index is 12.0. The molecule has 0 bridgehead atoms. The Kier molecular flexibility index (Phi) is 4.02. The van der Waals surface area contributed by atoms with Crippen LogP contribution in [0.1, 0.15) is 17.5 Å². The van der Waals surface area contributed by atoms with E-state index >= 15 is 0 Å². The molecule has 0 unspecified atom stereocenters. The van der Waals surface area contributed by atoms with Gasteiger partial charge in [-0.15, -0.1) is 0 Å². The second-order valence-electron chi connectivity index (χ2n) is 4.77. The molecule has 2 N–H and O–H groups in total. The molecule has 2 rings (SSSR count). The summed E-state index contributed by atoms with van der Waals surface area (Å²) in [5, 5.41) is 17.6. The van der Waals surface area contributed by atoms with Crippen molar-refractivity contribution in [3.63, 3.8) is 0 Å². The molecule has 0 fully saturated rings. The van der Waals surface area contributed by atoms with E-state index in [1.54, 1.807) is 0 Å². The van der Waals surface area contributed by atoms with Crippen LogP contribution in [-0.2, 0) is 27.3 Å². The molecule has 0 saturated heterocycles. The summed E-state index contributed by atoms with van der Waals surface area (Å²) in [4.78, 5) is 35.2. The van der Waals surface area contributed by atoms with Crippen LogP contribution in [0.15, 0.2) is 24.3 Å². The quantitative estimate of drug-likeness (QED) is 0.792. The van der Waals surface area contributed by atoms with Crippen molar-refractivity contribution in [2.75, 3.05) is 6.54 Å². The molecular formula is C14H15NO5. The average molecular weight is 277 g/mol. The van der Waals surface area contributed by atoms with Crippen molar-refractivity contribution in [3.8, 4) is 0 Å². The third kappa shape index (κ3) is 2.96. The molecule has 1 amide bonds. The number of carboxylic acids is 2. The maximum atomic E-state index is 12.0. The number of amides is 1. The maximum Gasteiger partial charge on any atom is 0.318 e. The van der Waals surface area contributed by atoms with Crippen LogP contribution in [0.25, 0.3) is 0 Å². The normalized spacial score (nSPS) is 13.9. The number of rotatable bonds is 4. The Hall–Kier alpha value is -2.37. The number of aliphatic carboxylic acids is 2. The molecule has 1 aromatic rings. The van der Waals surface area contributed by atoms with Gasteiger partial charge in [-0.3, -0.25) is 14.4 Å². The van der Waals surface area contributed by atoms with Crippen LogP contribution in [0.2, 0.25) is 0 Å². The lowest BCUT2D eigenvalue weighted by atomic mass is 9.98. The number of nitrogens with zero attached hydrogens (tertiary/aromatic N) is 1. The molecule has 0 radical (unpaired) electrons. The molecule has 20 heavy (non-hydrogen) atoms. The van der Waals surface area contributed by atoms with Gasteiger partial charge in [0.2, 0.25) is 5.91 Å². The molecule has 6 nitrogen and oxygen atoms in total. The zero-order valence-electron chi connectivity index (χ0n) is 10.8. The van der Waals surface area contributed by atoms with Crippen LogP contribution >= 0.6 is 0 Å². The highest BCUT2D eigenvalue weighted by Gasteiger charge is 2.31. The fourth-order valence-electron chi connectivity index (χ4n) is 2.29. The van der Waals surface area contributed by atoms with Crippen LogP contribution < -0.4 is 0 Å². The zero-order valence-corrected chi connectivity index (χ0v) is 10.8. The molecule has 6 heteroatoms. The lowest BCUT2D eigenvalue weighted by Gasteiger charge is -2.29. The minimum Gasteiger partial charge on any atom is -0.481 e. The molecular weight excluding hydrogens is 262 g/mol. The summed E-state index contributed by atoms with van der Waals surface area (Å²) in [5.41, 5.74) is 2.19. The van der Waals surface area contributed by atoms with Crippen molar-refractivity contribution < 1.29 is 24.6 Å². The third-order valence-electron chi connectivity index (χ3n) is 3.46. The predicted molar refractivity (Wildman–Crippen MR) is 68.9 cm³/mol. The Balaban J connectivity index is 2.05. The van der Waals surface area contributed by atoms with Gasteiger partial charge in [0, 0.05) is 13.1 Å². The summed E-state index contributed by atoms with van der Waals surface area (Å²) in [6.07, 6.45) is 0.194. The van der Waals surface area contributed by atoms with Gasteiger partial charge < -0.3 is 15.1 Å². The Labute approximate surface area is 115 Å². The van der Waals surface area contributed by atoms with Gasteiger partial charge >= 0.3 is 11.9 Å². The van der Waals surface area contributed by atoms with Crippen LogP contribution in [0.5, 0.6) is 0 Å². The topological polar surface area (TPSA) is 94.9 Å². The van der Waals surface area contributed by atoms with Gasteiger partial charge in [0.1, 0.15) is 0 Å². The van der Waals surface area contributed by atoms with Crippen LogP contribution in [0, 0.1) is 5.92 Å². The number of carboxylic acid groups (broad SMARTS) is 2. The SMILES string of the molecule is O=C(O)C(CC(=O)N1CCc2ccccc2C1)C(=O)O. The molecule has 0 aromatic heterocycles. The minimum absolute atomic E-state index is 0.404. The zero-order chi connectivity index (χ0) is 14.7. The number of carbonyl (C=O) groups is 3. The molecule has 0 spiro atoms. The summed E-state index contributed by atoms with van der Waals surface area (Å²) in [5.74, 6) is -5.08. The highest BCUT2D eigenvalue weighted by Crippen LogP contribution is 2.20. The lowest BCUT2D eigenvalue weighted by Crippen LogP contribution is -2.39. The fourth-order valence-corrected chi connectivity index (χ4v) is 2.29. The van der Waals surface area contributed by atoms with Crippen molar-refractivity contribution in [2.24, 2.45) is 5.92 Å². The standard InChI is InChI=1S/C14H15NO5/c16-12(7-11(13(17)18)14(19)20)15-6-5-9-3-1-2-4-10(9)8-15/h1-4,11H,5-8H2,(H,17,18)(H,19,20). The number of benzene rings is 1. The second-order valence-corrected chi connectivity index (χ2v) is 4.77. The molecule has 1 aromatic carbocycles. The first-order valence-electron chi connectivity index (χ1n) is 6.29. The van der Waals surface area contributed by atoms with Gasteiger partial charge in [0.25, 0.3) is 0 Å². The van der Waals surface area contributed by atoms with Gasteiger partial charge in [-0.1, -0.05) is 24.3 Å². The van der Waals surface area contributed by atoms with E-state index in [1.165, 1.54) is 10.5 Å². The summed E-state index contributed by atoms with van der Waals surface area (Å²) in [6.45, 7) is 0.892. The first-order chi connectivity index (χ1) is 9.49. The molecule has 1 aliphatic rings. The molecule has 1 aliphatic heterocycles. The monoisotopic (exact) mass is 277 g/mol. The van der Waals surface area contributed by atoms with Gasteiger partial charge in [0.05, 0.1) is 6.42 Å². The average Bonchev–Trinajstić information content (AvgIpc) is 2.43. The van der Waals surface area contributed by atoms with E-state index < -0.39 is 30.2 Å². The van der Waals surface area contributed by atoms with Crippen molar-refractivity contribution in [2.45, 2.75) is 19.4 Å². The molecule has 0 saturated carbocycles.